The molecule has 2 rings (SSSR count). The number of aliphatic hydroxyl groups is 1. The molecular formula is C18H16Cl2N2O5S. The van der Waals surface area contributed by atoms with Crippen molar-refractivity contribution in [3.63, 3.8) is 0 Å². The Labute approximate surface area is 172 Å². The molecule has 0 bridgehead atoms. The van der Waals surface area contributed by atoms with Gasteiger partial charge in [-0.25, -0.2) is 8.42 Å². The largest absolute Gasteiger partial charge is 0.460 e. The third-order valence-electron chi connectivity index (χ3n) is 3.66. The molecule has 0 aromatic heterocycles. The average molecular weight is 443 g/mol. The van der Waals surface area contributed by atoms with Crippen molar-refractivity contribution < 1.29 is 23.1 Å². The van der Waals surface area contributed by atoms with E-state index in [1.165, 1.54) is 25.1 Å². The van der Waals surface area contributed by atoms with Crippen LogP contribution in [0, 0.1) is 11.3 Å². The van der Waals surface area contributed by atoms with Crippen LogP contribution in [0.4, 0.5) is 0 Å². The minimum atomic E-state index is -4.18. The van der Waals surface area contributed by atoms with Gasteiger partial charge in [0.15, 0.2) is 0 Å². The van der Waals surface area contributed by atoms with Gasteiger partial charge in [-0.1, -0.05) is 35.3 Å². The summed E-state index contributed by atoms with van der Waals surface area (Å²) in [5.41, 5.74) is 0.935. The van der Waals surface area contributed by atoms with E-state index in [4.69, 9.17) is 33.2 Å². The van der Waals surface area contributed by atoms with Crippen LogP contribution in [0.5, 0.6) is 0 Å². The summed E-state index contributed by atoms with van der Waals surface area (Å²) in [6.45, 7) is 1.06. The fraction of sp³-hybridized carbons (Fsp3) is 0.222. The van der Waals surface area contributed by atoms with Gasteiger partial charge in [0.05, 0.1) is 32.7 Å². The monoisotopic (exact) mass is 442 g/mol. The SMILES string of the molecule is C[C@@H](O)[C@@H](NS(=O)(=O)c1ccc(Cl)c(Cl)c1)C(=O)OCc1cccc(C#N)c1. The number of esters is 1. The van der Waals surface area contributed by atoms with Crippen molar-refractivity contribution in [3.05, 3.63) is 63.6 Å². The Balaban J connectivity index is 2.14. The third-order valence-corrected chi connectivity index (χ3v) is 5.83. The molecule has 0 saturated carbocycles. The normalized spacial score (nSPS) is 13.4. The summed E-state index contributed by atoms with van der Waals surface area (Å²) in [6, 6.07) is 10.5. The Kier molecular flexibility index (Phi) is 7.41. The lowest BCUT2D eigenvalue weighted by Crippen LogP contribution is -2.48. The highest BCUT2D eigenvalue weighted by Gasteiger charge is 2.31. The van der Waals surface area contributed by atoms with E-state index in [0.717, 1.165) is 6.07 Å². The van der Waals surface area contributed by atoms with Gasteiger partial charge < -0.3 is 9.84 Å². The molecule has 148 valence electrons. The van der Waals surface area contributed by atoms with Gasteiger partial charge >= 0.3 is 5.97 Å². The van der Waals surface area contributed by atoms with E-state index in [1.54, 1.807) is 18.2 Å². The van der Waals surface area contributed by atoms with E-state index in [0.29, 0.717) is 11.1 Å². The molecule has 7 nitrogen and oxygen atoms in total. The molecule has 0 radical (unpaired) electrons. The van der Waals surface area contributed by atoms with Gasteiger partial charge in [0.2, 0.25) is 10.0 Å². The number of rotatable bonds is 7. The van der Waals surface area contributed by atoms with Crippen molar-refractivity contribution in [1.82, 2.24) is 4.72 Å². The van der Waals surface area contributed by atoms with Gasteiger partial charge in [-0.05, 0) is 42.8 Å². The van der Waals surface area contributed by atoms with E-state index in [1.807, 2.05) is 6.07 Å². The first-order chi connectivity index (χ1) is 13.1. The second-order valence-electron chi connectivity index (χ2n) is 5.84. The number of nitrogens with zero attached hydrogens (tertiary/aromatic N) is 1. The maximum Gasteiger partial charge on any atom is 0.327 e. The van der Waals surface area contributed by atoms with E-state index in [2.05, 4.69) is 4.72 Å². The van der Waals surface area contributed by atoms with Crippen LogP contribution in [0.15, 0.2) is 47.4 Å². The quantitative estimate of drug-likeness (QED) is 0.636. The van der Waals surface area contributed by atoms with Gasteiger partial charge in [-0.15, -0.1) is 0 Å². The fourth-order valence-electron chi connectivity index (χ4n) is 2.20. The van der Waals surface area contributed by atoms with Crippen molar-refractivity contribution in [2.45, 2.75) is 30.6 Å². The van der Waals surface area contributed by atoms with Gasteiger partial charge in [-0.3, -0.25) is 4.79 Å². The predicted molar refractivity (Wildman–Crippen MR) is 103 cm³/mol. The molecular weight excluding hydrogens is 427 g/mol. The number of aliphatic hydroxyl groups excluding tert-OH is 1. The zero-order chi connectivity index (χ0) is 20.9. The van der Waals surface area contributed by atoms with Crippen LogP contribution in [0.2, 0.25) is 10.0 Å². The molecule has 0 amide bonds. The Morgan fingerprint density at radius 1 is 1.25 bits per heavy atom. The summed E-state index contributed by atoms with van der Waals surface area (Å²) >= 11 is 11.6. The van der Waals surface area contributed by atoms with Crippen LogP contribution in [0.25, 0.3) is 0 Å². The molecule has 0 aliphatic rings. The van der Waals surface area contributed by atoms with E-state index in [-0.39, 0.29) is 21.5 Å². The van der Waals surface area contributed by atoms with Crippen LogP contribution >= 0.6 is 23.2 Å². The first kappa shape index (κ1) is 22.1. The minimum absolute atomic E-state index is 0.0260. The summed E-state index contributed by atoms with van der Waals surface area (Å²) < 4.78 is 32.2. The van der Waals surface area contributed by atoms with Crippen molar-refractivity contribution >= 4 is 39.2 Å². The van der Waals surface area contributed by atoms with E-state index in [9.17, 15) is 18.3 Å². The van der Waals surface area contributed by atoms with Gasteiger partial charge in [0.25, 0.3) is 0 Å². The highest BCUT2D eigenvalue weighted by Crippen LogP contribution is 2.25. The highest BCUT2D eigenvalue weighted by atomic mass is 35.5. The van der Waals surface area contributed by atoms with Crippen LogP contribution in [-0.4, -0.2) is 31.6 Å². The molecule has 2 aromatic rings. The summed E-state index contributed by atoms with van der Waals surface area (Å²) in [4.78, 5) is 12.1. The molecule has 0 fully saturated rings. The van der Waals surface area contributed by atoms with Gasteiger partial charge in [0, 0.05) is 0 Å². The molecule has 0 aliphatic carbocycles. The topological polar surface area (TPSA) is 116 Å². The zero-order valence-corrected chi connectivity index (χ0v) is 16.9. The van der Waals surface area contributed by atoms with Crippen molar-refractivity contribution in [2.24, 2.45) is 0 Å². The molecule has 0 heterocycles. The second kappa shape index (κ2) is 9.37. The molecule has 2 aromatic carbocycles. The number of carbonyl (C=O) groups is 1. The Morgan fingerprint density at radius 2 is 1.96 bits per heavy atom. The molecule has 10 heteroatoms. The minimum Gasteiger partial charge on any atom is -0.460 e. The molecule has 0 spiro atoms. The average Bonchev–Trinajstić information content (AvgIpc) is 2.66. The number of sulfonamides is 1. The number of hydrogen-bond acceptors (Lipinski definition) is 6. The van der Waals surface area contributed by atoms with Crippen LogP contribution in [0.1, 0.15) is 18.1 Å². The summed E-state index contributed by atoms with van der Waals surface area (Å²) in [7, 11) is -4.18. The standard InChI is InChI=1S/C18H16Cl2N2O5S/c1-11(23)17(18(24)27-10-13-4-2-3-12(7-13)9-21)22-28(25,26)14-5-6-15(19)16(20)8-14/h2-8,11,17,22-23H,10H2,1H3/t11-,17-/m1/s1. The third kappa shape index (κ3) is 5.67. The van der Waals surface area contributed by atoms with Crippen LogP contribution in [0.3, 0.4) is 0 Å². The highest BCUT2D eigenvalue weighted by molar-refractivity contribution is 7.89. The smallest absolute Gasteiger partial charge is 0.327 e. The van der Waals surface area contributed by atoms with E-state index < -0.39 is 28.1 Å². The number of hydrogen-bond donors (Lipinski definition) is 2. The predicted octanol–water partition coefficient (Wildman–Crippen LogP) is 2.64. The summed E-state index contributed by atoms with van der Waals surface area (Å²) in [6.07, 6.45) is -1.37. The molecule has 0 unspecified atom stereocenters. The first-order valence-electron chi connectivity index (χ1n) is 7.95. The van der Waals surface area contributed by atoms with Crippen molar-refractivity contribution in [3.8, 4) is 6.07 Å². The fourth-order valence-corrected chi connectivity index (χ4v) is 3.84. The lowest BCUT2D eigenvalue weighted by molar-refractivity contribution is -0.149. The maximum atomic E-state index is 12.5. The molecule has 0 aliphatic heterocycles. The molecule has 28 heavy (non-hydrogen) atoms. The maximum absolute atomic E-state index is 12.5. The Hall–Kier alpha value is -2.15. The summed E-state index contributed by atoms with van der Waals surface area (Å²) in [5.74, 6) is -0.971. The number of nitriles is 1. The number of nitrogens with one attached hydrogen (secondary N) is 1. The Bertz CT molecular complexity index is 1020. The Morgan fingerprint density at radius 3 is 2.57 bits per heavy atom. The lowest BCUT2D eigenvalue weighted by Gasteiger charge is -2.20. The second-order valence-corrected chi connectivity index (χ2v) is 8.36. The lowest BCUT2D eigenvalue weighted by atomic mass is 10.1. The van der Waals surface area contributed by atoms with Crippen molar-refractivity contribution in [1.29, 1.82) is 5.26 Å². The number of halogens is 2. The zero-order valence-electron chi connectivity index (χ0n) is 14.6. The van der Waals surface area contributed by atoms with E-state index >= 15 is 0 Å². The molecule has 2 atom stereocenters. The van der Waals surface area contributed by atoms with Gasteiger partial charge in [0.1, 0.15) is 12.6 Å². The first-order valence-corrected chi connectivity index (χ1v) is 10.2. The number of benzene rings is 2. The number of carbonyl (C=O) groups excluding carboxylic acids is 1. The van der Waals surface area contributed by atoms with Crippen molar-refractivity contribution in [2.75, 3.05) is 0 Å². The summed E-state index contributed by atoms with van der Waals surface area (Å²) in [5, 5.41) is 18.9. The van der Waals surface area contributed by atoms with Crippen LogP contribution in [-0.2, 0) is 26.2 Å². The number of ether oxygens (including phenoxy) is 1. The van der Waals surface area contributed by atoms with Gasteiger partial charge in [-0.2, -0.15) is 9.98 Å². The molecule has 0 saturated heterocycles. The van der Waals surface area contributed by atoms with Crippen LogP contribution < -0.4 is 4.72 Å². The molecule has 2 N–H and O–H groups in total.